The highest BCUT2D eigenvalue weighted by atomic mass is 79.9. The molecule has 1 aliphatic heterocycles. The number of benzene rings is 2. The maximum atomic E-state index is 3.66. The number of nitrogens with zero attached hydrogens (tertiary/aromatic N) is 1. The van der Waals surface area contributed by atoms with Crippen LogP contribution in [0.2, 0.25) is 0 Å². The van der Waals surface area contributed by atoms with Gasteiger partial charge in [-0.05, 0) is 36.4 Å². The average Bonchev–Trinajstić information content (AvgIpc) is 2.94. The third kappa shape index (κ3) is 3.24. The first-order valence-electron chi connectivity index (χ1n) is 7.80. The fraction of sp³-hybridized carbons (Fsp3) is 0.444. The molecule has 1 heterocycles. The fourth-order valence-corrected chi connectivity index (χ4v) is 3.62. The quantitative estimate of drug-likeness (QED) is 0.880. The molecule has 1 fully saturated rings. The summed E-state index contributed by atoms with van der Waals surface area (Å²) in [6.07, 6.45) is 1.28. The van der Waals surface area contributed by atoms with E-state index in [1.54, 1.807) is 0 Å². The van der Waals surface area contributed by atoms with Crippen molar-refractivity contribution in [2.45, 2.75) is 26.3 Å². The van der Waals surface area contributed by atoms with Crippen LogP contribution in [0.1, 0.15) is 20.3 Å². The molecule has 2 aromatic rings. The summed E-state index contributed by atoms with van der Waals surface area (Å²) in [6, 6.07) is 13.7. The maximum Gasteiger partial charge on any atom is 0.0446 e. The maximum absolute atomic E-state index is 3.66. The van der Waals surface area contributed by atoms with E-state index >= 15 is 0 Å². The molecule has 21 heavy (non-hydrogen) atoms. The molecule has 1 N–H and O–H groups in total. The summed E-state index contributed by atoms with van der Waals surface area (Å²) in [5, 5.41) is 6.23. The highest BCUT2D eigenvalue weighted by Crippen LogP contribution is 2.34. The minimum absolute atomic E-state index is 0.576. The van der Waals surface area contributed by atoms with E-state index in [2.05, 4.69) is 76.4 Å². The van der Waals surface area contributed by atoms with Gasteiger partial charge in [0.25, 0.3) is 0 Å². The van der Waals surface area contributed by atoms with E-state index < -0.39 is 0 Å². The standard InChI is InChI=1S/C18H23BrN2/c1-13(2)20-11-14-9-10-21(12-14)18-8-7-17(19)15-5-3-4-6-16(15)18/h3-8,13-14,20H,9-12H2,1-2H3. The lowest BCUT2D eigenvalue weighted by Gasteiger charge is -2.22. The van der Waals surface area contributed by atoms with Crippen molar-refractivity contribution < 1.29 is 0 Å². The molecule has 3 rings (SSSR count). The van der Waals surface area contributed by atoms with Crippen molar-refractivity contribution in [2.75, 3.05) is 24.5 Å². The van der Waals surface area contributed by atoms with E-state index in [1.165, 1.54) is 27.4 Å². The van der Waals surface area contributed by atoms with Crippen LogP contribution < -0.4 is 10.2 Å². The van der Waals surface area contributed by atoms with Gasteiger partial charge in [-0.25, -0.2) is 0 Å². The van der Waals surface area contributed by atoms with Crippen molar-refractivity contribution in [1.29, 1.82) is 0 Å². The molecule has 1 aliphatic rings. The minimum atomic E-state index is 0.576. The molecular formula is C18H23BrN2. The number of halogens is 1. The number of nitrogens with one attached hydrogen (secondary N) is 1. The summed E-state index contributed by atoms with van der Waals surface area (Å²) in [7, 11) is 0. The van der Waals surface area contributed by atoms with E-state index in [0.29, 0.717) is 6.04 Å². The van der Waals surface area contributed by atoms with Gasteiger partial charge in [-0.1, -0.05) is 54.0 Å². The fourth-order valence-electron chi connectivity index (χ4n) is 3.14. The van der Waals surface area contributed by atoms with Crippen LogP contribution in [0.4, 0.5) is 5.69 Å². The summed E-state index contributed by atoms with van der Waals surface area (Å²) >= 11 is 3.66. The Labute approximate surface area is 135 Å². The zero-order valence-corrected chi connectivity index (χ0v) is 14.4. The first-order valence-corrected chi connectivity index (χ1v) is 8.60. The second kappa shape index (κ2) is 6.37. The summed E-state index contributed by atoms with van der Waals surface area (Å²) in [6.45, 7) is 7.88. The van der Waals surface area contributed by atoms with Crippen LogP contribution in [0.5, 0.6) is 0 Å². The first kappa shape index (κ1) is 14.9. The lowest BCUT2D eigenvalue weighted by Crippen LogP contribution is -2.30. The highest BCUT2D eigenvalue weighted by molar-refractivity contribution is 9.10. The van der Waals surface area contributed by atoms with Crippen LogP contribution in [0.3, 0.4) is 0 Å². The van der Waals surface area contributed by atoms with Crippen molar-refractivity contribution in [2.24, 2.45) is 5.92 Å². The SMILES string of the molecule is CC(C)NCC1CCN(c2ccc(Br)c3ccccc23)C1. The smallest absolute Gasteiger partial charge is 0.0446 e. The van der Waals surface area contributed by atoms with Crippen LogP contribution in [0, 0.1) is 5.92 Å². The number of fused-ring (bicyclic) bond motifs is 1. The Kier molecular flexibility index (Phi) is 4.51. The van der Waals surface area contributed by atoms with Crippen LogP contribution >= 0.6 is 15.9 Å². The molecule has 2 nitrogen and oxygen atoms in total. The van der Waals surface area contributed by atoms with Crippen molar-refractivity contribution in [3.8, 4) is 0 Å². The van der Waals surface area contributed by atoms with Crippen molar-refractivity contribution in [1.82, 2.24) is 5.32 Å². The minimum Gasteiger partial charge on any atom is -0.371 e. The number of rotatable bonds is 4. The van der Waals surface area contributed by atoms with Crippen LogP contribution in [0.25, 0.3) is 10.8 Å². The van der Waals surface area contributed by atoms with Gasteiger partial charge in [0.1, 0.15) is 0 Å². The monoisotopic (exact) mass is 346 g/mol. The molecule has 0 amide bonds. The molecule has 1 saturated heterocycles. The van der Waals surface area contributed by atoms with E-state index in [0.717, 1.165) is 25.6 Å². The highest BCUT2D eigenvalue weighted by Gasteiger charge is 2.23. The molecule has 112 valence electrons. The predicted octanol–water partition coefficient (Wildman–Crippen LogP) is 4.43. The van der Waals surface area contributed by atoms with E-state index in [4.69, 9.17) is 0 Å². The topological polar surface area (TPSA) is 15.3 Å². The summed E-state index contributed by atoms with van der Waals surface area (Å²) in [5.74, 6) is 0.759. The second-order valence-electron chi connectivity index (χ2n) is 6.28. The second-order valence-corrected chi connectivity index (χ2v) is 7.13. The van der Waals surface area contributed by atoms with E-state index in [1.807, 2.05) is 0 Å². The summed E-state index contributed by atoms with van der Waals surface area (Å²) in [4.78, 5) is 2.54. The molecular weight excluding hydrogens is 324 g/mol. The van der Waals surface area contributed by atoms with Gasteiger partial charge in [0.05, 0.1) is 0 Å². The molecule has 0 saturated carbocycles. The number of hydrogen-bond acceptors (Lipinski definition) is 2. The molecule has 0 aliphatic carbocycles. The molecule has 2 aromatic carbocycles. The summed E-state index contributed by atoms with van der Waals surface area (Å²) in [5.41, 5.74) is 1.38. The van der Waals surface area contributed by atoms with Crippen molar-refractivity contribution in [3.05, 3.63) is 40.9 Å². The zero-order chi connectivity index (χ0) is 14.8. The van der Waals surface area contributed by atoms with E-state index in [-0.39, 0.29) is 0 Å². The number of anilines is 1. The Hall–Kier alpha value is -1.06. The van der Waals surface area contributed by atoms with Crippen LogP contribution in [-0.4, -0.2) is 25.7 Å². The predicted molar refractivity (Wildman–Crippen MR) is 95.1 cm³/mol. The Morgan fingerprint density at radius 2 is 1.95 bits per heavy atom. The molecule has 0 bridgehead atoms. The summed E-state index contributed by atoms with van der Waals surface area (Å²) < 4.78 is 1.18. The van der Waals surface area contributed by atoms with Gasteiger partial charge < -0.3 is 10.2 Å². The van der Waals surface area contributed by atoms with Crippen LogP contribution in [-0.2, 0) is 0 Å². The largest absolute Gasteiger partial charge is 0.371 e. The molecule has 1 unspecified atom stereocenters. The van der Waals surface area contributed by atoms with Gasteiger partial charge in [0, 0.05) is 34.7 Å². The van der Waals surface area contributed by atoms with Gasteiger partial charge in [0.15, 0.2) is 0 Å². The van der Waals surface area contributed by atoms with Gasteiger partial charge in [-0.15, -0.1) is 0 Å². The first-order chi connectivity index (χ1) is 10.1. The van der Waals surface area contributed by atoms with Gasteiger partial charge in [-0.2, -0.15) is 0 Å². The Bertz CT molecular complexity index is 624. The molecule has 1 atom stereocenters. The third-order valence-corrected chi connectivity index (χ3v) is 4.98. The number of hydrogen-bond donors (Lipinski definition) is 1. The molecule has 0 aromatic heterocycles. The average molecular weight is 347 g/mol. The molecule has 0 radical (unpaired) electrons. The lowest BCUT2D eigenvalue weighted by atomic mass is 10.1. The van der Waals surface area contributed by atoms with E-state index in [9.17, 15) is 0 Å². The normalized spacial score (nSPS) is 18.9. The van der Waals surface area contributed by atoms with Crippen molar-refractivity contribution in [3.63, 3.8) is 0 Å². The molecule has 3 heteroatoms. The third-order valence-electron chi connectivity index (χ3n) is 4.29. The van der Waals surface area contributed by atoms with Gasteiger partial charge >= 0.3 is 0 Å². The van der Waals surface area contributed by atoms with Crippen molar-refractivity contribution >= 4 is 32.4 Å². The molecule has 0 spiro atoms. The van der Waals surface area contributed by atoms with Crippen LogP contribution in [0.15, 0.2) is 40.9 Å². The Balaban J connectivity index is 1.81. The zero-order valence-electron chi connectivity index (χ0n) is 12.8. The lowest BCUT2D eigenvalue weighted by molar-refractivity contribution is 0.480. The van der Waals surface area contributed by atoms with Gasteiger partial charge in [-0.3, -0.25) is 0 Å². The Morgan fingerprint density at radius 1 is 1.19 bits per heavy atom. The van der Waals surface area contributed by atoms with Gasteiger partial charge in [0.2, 0.25) is 0 Å². The Morgan fingerprint density at radius 3 is 2.71 bits per heavy atom.